The molecule has 6 N–H and O–H groups in total. The second-order valence-electron chi connectivity index (χ2n) is 11.5. The van der Waals surface area contributed by atoms with Crippen molar-refractivity contribution in [2.24, 2.45) is 11.5 Å². The van der Waals surface area contributed by atoms with Crippen molar-refractivity contribution in [1.82, 2.24) is 25.0 Å². The standard InChI is InChI=1S/C31H36N8O4/c1-18(2)39-30(43)36-29(37-39)31(11-12-35-17-26(40)38-13-3-4-23(38)16-32)24-9-7-21(27(33)41)14-19(24)5-6-20-15-22(28(34)42)8-10-25(20)31/h7-10,14-15,18,23,35H,3-6,11-13,17H2,1-2H3,(H2,33,41)(H2,34,42)(H,36,37,43)/t23-/m0/s1. The summed E-state index contributed by atoms with van der Waals surface area (Å²) in [6.45, 7) is 4.69. The van der Waals surface area contributed by atoms with Crippen LogP contribution in [0, 0.1) is 11.3 Å². The summed E-state index contributed by atoms with van der Waals surface area (Å²) in [5.41, 5.74) is 14.0. The molecule has 0 bridgehead atoms. The van der Waals surface area contributed by atoms with Gasteiger partial charge in [-0.1, -0.05) is 12.1 Å². The Hall–Kier alpha value is -4.76. The van der Waals surface area contributed by atoms with Crippen molar-refractivity contribution in [3.05, 3.63) is 86.1 Å². The monoisotopic (exact) mass is 584 g/mol. The predicted octanol–water partition coefficient (Wildman–Crippen LogP) is 1.28. The number of rotatable bonds is 9. The number of aromatic amines is 1. The van der Waals surface area contributed by atoms with Crippen LogP contribution in [0.25, 0.3) is 0 Å². The molecule has 224 valence electrons. The fourth-order valence-electron chi connectivity index (χ4n) is 6.45. The fraction of sp³-hybridized carbons (Fsp3) is 0.419. The van der Waals surface area contributed by atoms with E-state index in [4.69, 9.17) is 16.6 Å². The predicted molar refractivity (Wildman–Crippen MR) is 158 cm³/mol. The molecule has 1 atom stereocenters. The molecule has 43 heavy (non-hydrogen) atoms. The van der Waals surface area contributed by atoms with E-state index in [1.165, 1.54) is 4.68 Å². The van der Waals surface area contributed by atoms with Crippen LogP contribution in [0.15, 0.2) is 41.2 Å². The molecule has 2 aromatic carbocycles. The number of H-pyrrole nitrogens is 1. The summed E-state index contributed by atoms with van der Waals surface area (Å²) in [5.74, 6) is -0.844. The van der Waals surface area contributed by atoms with E-state index in [1.54, 1.807) is 29.2 Å². The van der Waals surface area contributed by atoms with E-state index < -0.39 is 23.3 Å². The molecule has 1 aliphatic heterocycles. The number of benzene rings is 2. The van der Waals surface area contributed by atoms with Gasteiger partial charge in [-0.2, -0.15) is 10.4 Å². The molecule has 0 unspecified atom stereocenters. The molecule has 1 aliphatic carbocycles. The molecule has 12 nitrogen and oxygen atoms in total. The quantitative estimate of drug-likeness (QED) is 0.272. The lowest BCUT2D eigenvalue weighted by molar-refractivity contribution is -0.130. The zero-order valence-electron chi connectivity index (χ0n) is 24.4. The summed E-state index contributed by atoms with van der Waals surface area (Å²) >= 11 is 0. The van der Waals surface area contributed by atoms with Crippen molar-refractivity contribution in [2.45, 2.75) is 63.5 Å². The summed E-state index contributed by atoms with van der Waals surface area (Å²) in [7, 11) is 0. The van der Waals surface area contributed by atoms with E-state index in [2.05, 4.69) is 16.4 Å². The van der Waals surface area contributed by atoms with Gasteiger partial charge in [0.15, 0.2) is 0 Å². The van der Waals surface area contributed by atoms with Gasteiger partial charge in [-0.25, -0.2) is 9.48 Å². The highest BCUT2D eigenvalue weighted by molar-refractivity contribution is 5.94. The topological polar surface area (TPSA) is 193 Å². The molecule has 0 saturated carbocycles. The molecule has 1 aromatic heterocycles. The van der Waals surface area contributed by atoms with Crippen LogP contribution in [0.5, 0.6) is 0 Å². The highest BCUT2D eigenvalue weighted by Crippen LogP contribution is 2.46. The normalized spacial score (nSPS) is 17.2. The van der Waals surface area contributed by atoms with Gasteiger partial charge in [0, 0.05) is 17.7 Å². The highest BCUT2D eigenvalue weighted by atomic mass is 16.2. The number of nitrogens with one attached hydrogen (secondary N) is 2. The maximum absolute atomic E-state index is 13.1. The molecule has 0 spiro atoms. The largest absolute Gasteiger partial charge is 0.366 e. The molecule has 3 aromatic rings. The average molecular weight is 585 g/mol. The van der Waals surface area contributed by atoms with Crippen LogP contribution >= 0.6 is 0 Å². The second kappa shape index (κ2) is 11.9. The van der Waals surface area contributed by atoms with E-state index in [0.717, 1.165) is 28.7 Å². The number of nitriles is 1. The Morgan fingerprint density at radius 3 is 2.21 bits per heavy atom. The third-order valence-corrected chi connectivity index (χ3v) is 8.57. The van der Waals surface area contributed by atoms with Gasteiger partial charge in [-0.3, -0.25) is 19.4 Å². The van der Waals surface area contributed by atoms with Gasteiger partial charge >= 0.3 is 5.69 Å². The SMILES string of the molecule is CC(C)n1nc(C2(CCNCC(=O)N3CCC[C@H]3C#N)c3ccc(C(N)=O)cc3CCc3cc(C(N)=O)ccc32)[nH]c1=O. The molecule has 0 radical (unpaired) electrons. The third-order valence-electron chi connectivity index (χ3n) is 8.57. The average Bonchev–Trinajstić information content (AvgIpc) is 3.60. The minimum absolute atomic E-state index is 0.0478. The first-order chi connectivity index (χ1) is 20.6. The number of nitrogens with two attached hydrogens (primary N) is 2. The number of hydrogen-bond donors (Lipinski definition) is 4. The van der Waals surface area contributed by atoms with Gasteiger partial charge < -0.3 is 21.7 Å². The van der Waals surface area contributed by atoms with E-state index in [1.807, 2.05) is 26.0 Å². The molecular formula is C31H36N8O4. The third kappa shape index (κ3) is 5.44. The van der Waals surface area contributed by atoms with Gasteiger partial charge in [0.1, 0.15) is 11.9 Å². The van der Waals surface area contributed by atoms with Crippen molar-refractivity contribution < 1.29 is 14.4 Å². The lowest BCUT2D eigenvalue weighted by atomic mass is 9.69. The summed E-state index contributed by atoms with van der Waals surface area (Å²) in [4.78, 5) is 55.0. The zero-order valence-corrected chi connectivity index (χ0v) is 24.4. The van der Waals surface area contributed by atoms with E-state index in [9.17, 15) is 24.4 Å². The number of hydrogen-bond acceptors (Lipinski definition) is 7. The molecule has 12 heteroatoms. The summed E-state index contributed by atoms with van der Waals surface area (Å²) in [6.07, 6.45) is 2.93. The summed E-state index contributed by atoms with van der Waals surface area (Å²) in [6, 6.07) is 12.2. The number of carbonyl (C=O) groups is 3. The van der Waals surface area contributed by atoms with Gasteiger partial charge in [-0.05, 0) is 99.0 Å². The van der Waals surface area contributed by atoms with Crippen LogP contribution in [-0.4, -0.2) is 63.1 Å². The molecule has 2 heterocycles. The Morgan fingerprint density at radius 1 is 1.09 bits per heavy atom. The Morgan fingerprint density at radius 2 is 1.70 bits per heavy atom. The Balaban J connectivity index is 1.63. The first kappa shape index (κ1) is 29.7. The number of likely N-dealkylation sites (tertiary alicyclic amines) is 1. The Labute approximate surface area is 249 Å². The maximum atomic E-state index is 13.1. The smallest absolute Gasteiger partial charge is 0.343 e. The molecule has 1 fully saturated rings. The molecular weight excluding hydrogens is 548 g/mol. The van der Waals surface area contributed by atoms with E-state index in [-0.39, 0.29) is 24.2 Å². The Bertz CT molecular complexity index is 1620. The van der Waals surface area contributed by atoms with Crippen LogP contribution in [0.1, 0.15) is 87.9 Å². The second-order valence-corrected chi connectivity index (χ2v) is 11.5. The first-order valence-electron chi connectivity index (χ1n) is 14.5. The van der Waals surface area contributed by atoms with Crippen LogP contribution < -0.4 is 22.5 Å². The number of nitrogens with zero attached hydrogens (tertiary/aromatic N) is 4. The molecule has 3 amide bonds. The Kier molecular flexibility index (Phi) is 8.19. The molecule has 1 saturated heterocycles. The maximum Gasteiger partial charge on any atom is 0.343 e. The van der Waals surface area contributed by atoms with Gasteiger partial charge in [0.2, 0.25) is 17.7 Å². The van der Waals surface area contributed by atoms with Gasteiger partial charge in [-0.15, -0.1) is 0 Å². The van der Waals surface area contributed by atoms with Crippen molar-refractivity contribution in [3.63, 3.8) is 0 Å². The number of amides is 3. The van der Waals surface area contributed by atoms with Crippen LogP contribution in [0.2, 0.25) is 0 Å². The lowest BCUT2D eigenvalue weighted by Gasteiger charge is -2.35. The first-order valence-corrected chi connectivity index (χ1v) is 14.5. The van der Waals surface area contributed by atoms with Crippen LogP contribution in [0.4, 0.5) is 0 Å². The van der Waals surface area contributed by atoms with Crippen LogP contribution in [0.3, 0.4) is 0 Å². The minimum atomic E-state index is -1.02. The van der Waals surface area contributed by atoms with Crippen LogP contribution in [-0.2, 0) is 23.1 Å². The zero-order chi connectivity index (χ0) is 30.9. The van der Waals surface area contributed by atoms with Gasteiger partial charge in [0.25, 0.3) is 0 Å². The lowest BCUT2D eigenvalue weighted by Crippen LogP contribution is -2.42. The highest BCUT2D eigenvalue weighted by Gasteiger charge is 2.44. The minimum Gasteiger partial charge on any atom is -0.366 e. The van der Waals surface area contributed by atoms with Gasteiger partial charge in [0.05, 0.1) is 24.1 Å². The number of fused-ring (bicyclic) bond motifs is 2. The number of carbonyl (C=O) groups excluding carboxylic acids is 3. The van der Waals surface area contributed by atoms with E-state index >= 15 is 0 Å². The molecule has 2 aliphatic rings. The van der Waals surface area contributed by atoms with Crippen molar-refractivity contribution in [2.75, 3.05) is 19.6 Å². The van der Waals surface area contributed by atoms with Crippen molar-refractivity contribution in [1.29, 1.82) is 5.26 Å². The summed E-state index contributed by atoms with van der Waals surface area (Å²) < 4.78 is 1.39. The van der Waals surface area contributed by atoms with Crippen molar-refractivity contribution >= 4 is 17.7 Å². The molecule has 5 rings (SSSR count). The summed E-state index contributed by atoms with van der Waals surface area (Å²) in [5, 5.41) is 17.5. The van der Waals surface area contributed by atoms with E-state index in [0.29, 0.717) is 55.7 Å². The number of primary amides is 2. The number of aromatic nitrogens is 3. The van der Waals surface area contributed by atoms with Crippen molar-refractivity contribution in [3.8, 4) is 6.07 Å². The number of aryl methyl sites for hydroxylation is 2. The fourth-order valence-corrected chi connectivity index (χ4v) is 6.45.